The second kappa shape index (κ2) is 6.38. The van der Waals surface area contributed by atoms with Crippen molar-refractivity contribution < 1.29 is 9.15 Å². The average Bonchev–Trinajstić information content (AvgIpc) is 2.93. The molecule has 0 aliphatic heterocycles. The van der Waals surface area contributed by atoms with Crippen LogP contribution >= 0.6 is 0 Å². The predicted molar refractivity (Wildman–Crippen MR) is 71.3 cm³/mol. The van der Waals surface area contributed by atoms with Gasteiger partial charge in [-0.05, 0) is 18.2 Å². The van der Waals surface area contributed by atoms with Crippen LogP contribution in [-0.2, 0) is 4.74 Å². The van der Waals surface area contributed by atoms with E-state index in [9.17, 15) is 0 Å². The van der Waals surface area contributed by atoms with E-state index in [1.165, 1.54) is 0 Å². The number of furan rings is 1. The summed E-state index contributed by atoms with van der Waals surface area (Å²) in [7, 11) is 1.74. The maximum absolute atomic E-state index is 5.67. The van der Waals surface area contributed by atoms with Crippen LogP contribution in [0.25, 0.3) is 0 Å². The van der Waals surface area contributed by atoms with Crippen molar-refractivity contribution in [2.45, 2.75) is 19.1 Å². The van der Waals surface area contributed by atoms with Crippen LogP contribution in [0.4, 0.5) is 0 Å². The molecule has 3 nitrogen and oxygen atoms in total. The smallest absolute Gasteiger partial charge is 0.102 e. The lowest BCUT2D eigenvalue weighted by molar-refractivity contribution is 0.0679. The topological polar surface area (TPSA) is 34.4 Å². The maximum atomic E-state index is 5.67. The molecule has 0 spiro atoms. The van der Waals surface area contributed by atoms with Gasteiger partial charge < -0.3 is 14.5 Å². The van der Waals surface area contributed by atoms with E-state index in [4.69, 9.17) is 9.15 Å². The first-order valence-corrected chi connectivity index (χ1v) is 6.20. The van der Waals surface area contributed by atoms with Gasteiger partial charge in [0, 0.05) is 12.7 Å². The highest BCUT2D eigenvalue weighted by Gasteiger charge is 2.24. The van der Waals surface area contributed by atoms with Crippen LogP contribution in [0.3, 0.4) is 0 Å². The van der Waals surface area contributed by atoms with E-state index >= 15 is 0 Å². The molecule has 2 atom stereocenters. The summed E-state index contributed by atoms with van der Waals surface area (Å²) < 4.78 is 10.8. The Morgan fingerprint density at radius 1 is 1.17 bits per heavy atom. The van der Waals surface area contributed by atoms with E-state index in [2.05, 4.69) is 24.4 Å². The monoisotopic (exact) mass is 245 g/mol. The van der Waals surface area contributed by atoms with Gasteiger partial charge in [-0.25, -0.2) is 0 Å². The molecular formula is C15H19NO2. The van der Waals surface area contributed by atoms with Gasteiger partial charge in [0.05, 0.1) is 18.6 Å². The Bertz CT molecular complexity index is 439. The summed E-state index contributed by atoms with van der Waals surface area (Å²) in [5, 5.41) is 3.45. The summed E-state index contributed by atoms with van der Waals surface area (Å²) in [6.45, 7) is 2.97. The fraction of sp³-hybridized carbons (Fsp3) is 0.333. The molecule has 3 heteroatoms. The molecule has 1 N–H and O–H groups in total. The molecule has 0 aliphatic carbocycles. The number of nitrogens with one attached hydrogen (secondary N) is 1. The van der Waals surface area contributed by atoms with Gasteiger partial charge in [0.2, 0.25) is 0 Å². The molecule has 0 aliphatic rings. The second-order valence-corrected chi connectivity index (χ2v) is 4.16. The van der Waals surface area contributed by atoms with Crippen LogP contribution in [0.5, 0.6) is 0 Å². The van der Waals surface area contributed by atoms with Crippen molar-refractivity contribution in [1.29, 1.82) is 0 Å². The molecule has 2 rings (SSSR count). The standard InChI is InChI=1S/C15H19NO2/c1-3-16-14(13-9-10-18-11-13)15(17-2)12-7-5-4-6-8-12/h4-11,14-16H,3H2,1-2H3. The third-order valence-corrected chi connectivity index (χ3v) is 3.01. The highest BCUT2D eigenvalue weighted by molar-refractivity contribution is 5.24. The highest BCUT2D eigenvalue weighted by Crippen LogP contribution is 2.31. The van der Waals surface area contributed by atoms with E-state index in [-0.39, 0.29) is 12.1 Å². The van der Waals surface area contributed by atoms with Gasteiger partial charge in [-0.1, -0.05) is 37.3 Å². The Morgan fingerprint density at radius 2 is 1.94 bits per heavy atom. The molecule has 2 unspecified atom stereocenters. The maximum Gasteiger partial charge on any atom is 0.102 e. The Morgan fingerprint density at radius 3 is 2.50 bits per heavy atom. The molecule has 0 saturated carbocycles. The van der Waals surface area contributed by atoms with Crippen LogP contribution in [-0.4, -0.2) is 13.7 Å². The molecule has 1 aromatic heterocycles. The normalized spacial score (nSPS) is 14.3. The first-order valence-electron chi connectivity index (χ1n) is 6.20. The molecule has 96 valence electrons. The summed E-state index contributed by atoms with van der Waals surface area (Å²) >= 11 is 0. The van der Waals surface area contributed by atoms with Gasteiger partial charge in [0.15, 0.2) is 0 Å². The van der Waals surface area contributed by atoms with E-state index in [0.717, 1.165) is 17.7 Å². The largest absolute Gasteiger partial charge is 0.472 e. The summed E-state index contributed by atoms with van der Waals surface area (Å²) in [4.78, 5) is 0. The summed E-state index contributed by atoms with van der Waals surface area (Å²) in [5.74, 6) is 0. The van der Waals surface area contributed by atoms with Gasteiger partial charge in [-0.15, -0.1) is 0 Å². The lowest BCUT2D eigenvalue weighted by Gasteiger charge is -2.26. The van der Waals surface area contributed by atoms with E-state index in [0.29, 0.717) is 0 Å². The number of benzene rings is 1. The van der Waals surface area contributed by atoms with E-state index in [1.807, 2.05) is 24.3 Å². The number of hydrogen-bond acceptors (Lipinski definition) is 3. The fourth-order valence-electron chi connectivity index (χ4n) is 2.18. The number of methoxy groups -OCH3 is 1. The third-order valence-electron chi connectivity index (χ3n) is 3.01. The van der Waals surface area contributed by atoms with Crippen molar-refractivity contribution in [3.8, 4) is 0 Å². The highest BCUT2D eigenvalue weighted by atomic mass is 16.5. The lowest BCUT2D eigenvalue weighted by Crippen LogP contribution is -2.27. The third kappa shape index (κ3) is 2.81. The average molecular weight is 245 g/mol. The Balaban J connectivity index is 2.28. The SMILES string of the molecule is CCNC(c1ccoc1)C(OC)c1ccccc1. The van der Waals surface area contributed by atoms with Crippen molar-refractivity contribution in [2.75, 3.05) is 13.7 Å². The zero-order valence-electron chi connectivity index (χ0n) is 10.8. The molecule has 0 bridgehead atoms. The van der Waals surface area contributed by atoms with Crippen molar-refractivity contribution in [3.63, 3.8) is 0 Å². The van der Waals surface area contributed by atoms with Crippen LogP contribution in [0.2, 0.25) is 0 Å². The Kier molecular flexibility index (Phi) is 4.56. The molecular weight excluding hydrogens is 226 g/mol. The first-order chi connectivity index (χ1) is 8.86. The van der Waals surface area contributed by atoms with Crippen molar-refractivity contribution in [3.05, 3.63) is 60.1 Å². The van der Waals surface area contributed by atoms with Crippen molar-refractivity contribution >= 4 is 0 Å². The second-order valence-electron chi connectivity index (χ2n) is 4.16. The molecule has 1 aromatic carbocycles. The Labute approximate surface area is 108 Å². The van der Waals surface area contributed by atoms with Gasteiger partial charge in [-0.2, -0.15) is 0 Å². The first kappa shape index (κ1) is 12.9. The number of hydrogen-bond donors (Lipinski definition) is 1. The number of rotatable bonds is 6. The quantitative estimate of drug-likeness (QED) is 0.847. The van der Waals surface area contributed by atoms with E-state index < -0.39 is 0 Å². The molecule has 1 heterocycles. The van der Waals surface area contributed by atoms with Crippen LogP contribution in [0.1, 0.15) is 30.2 Å². The molecule has 2 aromatic rings. The number of ether oxygens (including phenoxy) is 1. The number of likely N-dealkylation sites (N-methyl/N-ethyl adjacent to an activating group) is 1. The van der Waals surface area contributed by atoms with Gasteiger partial charge in [0.1, 0.15) is 6.10 Å². The molecule has 18 heavy (non-hydrogen) atoms. The molecule has 0 saturated heterocycles. The van der Waals surface area contributed by atoms with Gasteiger partial charge >= 0.3 is 0 Å². The summed E-state index contributed by atoms with van der Waals surface area (Å²) in [5.41, 5.74) is 2.26. The van der Waals surface area contributed by atoms with Crippen LogP contribution in [0, 0.1) is 0 Å². The molecule has 0 radical (unpaired) electrons. The van der Waals surface area contributed by atoms with Gasteiger partial charge in [-0.3, -0.25) is 0 Å². The summed E-state index contributed by atoms with van der Waals surface area (Å²) in [6.07, 6.45) is 3.43. The zero-order chi connectivity index (χ0) is 12.8. The van der Waals surface area contributed by atoms with Crippen molar-refractivity contribution in [1.82, 2.24) is 5.32 Å². The summed E-state index contributed by atoms with van der Waals surface area (Å²) in [6, 6.07) is 12.3. The van der Waals surface area contributed by atoms with Crippen LogP contribution in [0.15, 0.2) is 53.3 Å². The van der Waals surface area contributed by atoms with Gasteiger partial charge in [0.25, 0.3) is 0 Å². The predicted octanol–water partition coefficient (Wildman–Crippen LogP) is 3.32. The molecule has 0 amide bonds. The van der Waals surface area contributed by atoms with Crippen molar-refractivity contribution in [2.24, 2.45) is 0 Å². The minimum atomic E-state index is -0.0243. The Hall–Kier alpha value is -1.58. The minimum Gasteiger partial charge on any atom is -0.472 e. The molecule has 0 fully saturated rings. The zero-order valence-corrected chi connectivity index (χ0v) is 10.8. The lowest BCUT2D eigenvalue weighted by atomic mass is 9.97. The van der Waals surface area contributed by atoms with Crippen LogP contribution < -0.4 is 5.32 Å². The van der Waals surface area contributed by atoms with E-state index in [1.54, 1.807) is 19.6 Å². The fourth-order valence-corrected chi connectivity index (χ4v) is 2.18. The minimum absolute atomic E-state index is 0.0243.